The van der Waals surface area contributed by atoms with Crippen LogP contribution in [0.4, 0.5) is 5.69 Å². The lowest BCUT2D eigenvalue weighted by Gasteiger charge is -2.13. The van der Waals surface area contributed by atoms with Crippen LogP contribution in [0.25, 0.3) is 10.9 Å². The molecule has 0 unspecified atom stereocenters. The Bertz CT molecular complexity index is 1090. The Morgan fingerprint density at radius 3 is 2.58 bits per heavy atom. The van der Waals surface area contributed by atoms with Crippen molar-refractivity contribution in [3.63, 3.8) is 0 Å². The first kappa shape index (κ1) is 17.9. The van der Waals surface area contributed by atoms with Crippen molar-refractivity contribution in [3.8, 4) is 0 Å². The minimum atomic E-state index is -0.649. The number of aliphatic hydroxyl groups is 1. The van der Waals surface area contributed by atoms with E-state index in [1.54, 1.807) is 48.5 Å². The number of amides is 1. The van der Waals surface area contributed by atoms with Gasteiger partial charge in [0.05, 0.1) is 24.1 Å². The van der Waals surface area contributed by atoms with Crippen LogP contribution in [0.1, 0.15) is 0 Å². The van der Waals surface area contributed by atoms with Gasteiger partial charge in [0.1, 0.15) is 6.54 Å². The summed E-state index contributed by atoms with van der Waals surface area (Å²) in [5.41, 5.74) is -0.281. The van der Waals surface area contributed by atoms with E-state index in [4.69, 9.17) is 16.7 Å². The largest absolute Gasteiger partial charge is 0.395 e. The third-order valence-electron chi connectivity index (χ3n) is 3.87. The molecular formula is C18H16ClN3O4. The average molecular weight is 374 g/mol. The highest BCUT2D eigenvalue weighted by Crippen LogP contribution is 2.15. The van der Waals surface area contributed by atoms with Crippen molar-refractivity contribution in [2.24, 2.45) is 0 Å². The van der Waals surface area contributed by atoms with E-state index < -0.39 is 17.2 Å². The van der Waals surface area contributed by atoms with Crippen molar-refractivity contribution in [2.45, 2.75) is 13.1 Å². The Hall–Kier alpha value is -2.90. The summed E-state index contributed by atoms with van der Waals surface area (Å²) in [5.74, 6) is -0.436. The fourth-order valence-electron chi connectivity index (χ4n) is 2.73. The molecular weight excluding hydrogens is 358 g/mol. The molecule has 8 heteroatoms. The summed E-state index contributed by atoms with van der Waals surface area (Å²) in [6.45, 7) is -0.780. The molecule has 0 fully saturated rings. The van der Waals surface area contributed by atoms with E-state index in [9.17, 15) is 14.4 Å². The number of nitrogens with zero attached hydrogens (tertiary/aromatic N) is 2. The maximum Gasteiger partial charge on any atom is 0.332 e. The van der Waals surface area contributed by atoms with Crippen molar-refractivity contribution in [1.82, 2.24) is 9.13 Å². The van der Waals surface area contributed by atoms with E-state index in [-0.39, 0.29) is 19.7 Å². The second-order valence-corrected chi connectivity index (χ2v) is 6.06. The highest BCUT2D eigenvalue weighted by Gasteiger charge is 2.15. The van der Waals surface area contributed by atoms with Gasteiger partial charge in [-0.15, -0.1) is 0 Å². The Morgan fingerprint density at radius 1 is 1.08 bits per heavy atom. The van der Waals surface area contributed by atoms with Crippen LogP contribution in [0.2, 0.25) is 5.02 Å². The van der Waals surface area contributed by atoms with Gasteiger partial charge in [-0.1, -0.05) is 29.8 Å². The number of halogens is 1. The van der Waals surface area contributed by atoms with Crippen LogP contribution < -0.4 is 16.6 Å². The van der Waals surface area contributed by atoms with Gasteiger partial charge in [0.2, 0.25) is 5.91 Å². The van der Waals surface area contributed by atoms with E-state index in [0.29, 0.717) is 21.6 Å². The molecule has 3 rings (SSSR count). The van der Waals surface area contributed by atoms with Crippen LogP contribution in [0.5, 0.6) is 0 Å². The Labute approximate surface area is 153 Å². The number of nitrogens with one attached hydrogen (secondary N) is 1. The number of hydrogen-bond donors (Lipinski definition) is 2. The van der Waals surface area contributed by atoms with E-state index in [1.165, 1.54) is 4.57 Å². The number of fused-ring (bicyclic) bond motifs is 1. The van der Waals surface area contributed by atoms with Gasteiger partial charge in [0.15, 0.2) is 0 Å². The lowest BCUT2D eigenvalue weighted by molar-refractivity contribution is -0.116. The van der Waals surface area contributed by atoms with E-state index in [2.05, 4.69) is 5.32 Å². The zero-order chi connectivity index (χ0) is 18.7. The van der Waals surface area contributed by atoms with Crippen LogP contribution in [0.15, 0.2) is 58.1 Å². The summed E-state index contributed by atoms with van der Waals surface area (Å²) in [6, 6.07) is 13.2. The first-order valence-corrected chi connectivity index (χ1v) is 8.27. The predicted octanol–water partition coefficient (Wildman–Crippen LogP) is 1.45. The first-order valence-electron chi connectivity index (χ1n) is 7.90. The number of carbonyl (C=O) groups excluding carboxylic acids is 1. The molecule has 0 bridgehead atoms. The van der Waals surface area contributed by atoms with Crippen LogP contribution in [0, 0.1) is 0 Å². The van der Waals surface area contributed by atoms with Gasteiger partial charge < -0.3 is 10.4 Å². The third-order valence-corrected chi connectivity index (χ3v) is 4.10. The fraction of sp³-hybridized carbons (Fsp3) is 0.167. The molecule has 3 aromatic rings. The Balaban J connectivity index is 2.02. The zero-order valence-corrected chi connectivity index (χ0v) is 14.4. The summed E-state index contributed by atoms with van der Waals surface area (Å²) < 4.78 is 2.14. The second kappa shape index (κ2) is 7.55. The number of rotatable bonds is 5. The predicted molar refractivity (Wildman–Crippen MR) is 99.6 cm³/mol. The van der Waals surface area contributed by atoms with Crippen LogP contribution >= 0.6 is 11.6 Å². The number of aromatic nitrogens is 2. The number of anilines is 1. The van der Waals surface area contributed by atoms with Crippen molar-refractivity contribution in [2.75, 3.05) is 11.9 Å². The summed E-state index contributed by atoms with van der Waals surface area (Å²) in [4.78, 5) is 37.5. The van der Waals surface area contributed by atoms with Crippen molar-refractivity contribution < 1.29 is 9.90 Å². The van der Waals surface area contributed by atoms with Gasteiger partial charge in [0.25, 0.3) is 5.56 Å². The normalized spacial score (nSPS) is 10.8. The van der Waals surface area contributed by atoms with E-state index in [1.807, 2.05) is 0 Å². The maximum atomic E-state index is 12.6. The third kappa shape index (κ3) is 3.54. The summed E-state index contributed by atoms with van der Waals surface area (Å²) in [7, 11) is 0. The minimum Gasteiger partial charge on any atom is -0.395 e. The minimum absolute atomic E-state index is 0.140. The number of aliphatic hydroxyl groups excluding tert-OH is 1. The molecule has 2 N–H and O–H groups in total. The zero-order valence-electron chi connectivity index (χ0n) is 13.7. The molecule has 1 heterocycles. The lowest BCUT2D eigenvalue weighted by atomic mass is 10.2. The highest BCUT2D eigenvalue weighted by molar-refractivity contribution is 6.30. The van der Waals surface area contributed by atoms with E-state index >= 15 is 0 Å². The monoisotopic (exact) mass is 373 g/mol. The van der Waals surface area contributed by atoms with Gasteiger partial charge in [-0.25, -0.2) is 4.79 Å². The second-order valence-electron chi connectivity index (χ2n) is 5.62. The standard InChI is InChI=1S/C18H16ClN3O4/c19-12-4-3-5-13(10-12)20-16(24)11-22-15-7-2-1-6-14(15)17(25)21(8-9-23)18(22)26/h1-7,10,23H,8-9,11H2,(H,20,24). The Kier molecular flexibility index (Phi) is 5.20. The number of hydrogen-bond acceptors (Lipinski definition) is 4. The van der Waals surface area contributed by atoms with Crippen molar-refractivity contribution in [1.29, 1.82) is 0 Å². The molecule has 0 saturated heterocycles. The SMILES string of the molecule is O=C(Cn1c(=O)n(CCO)c(=O)c2ccccc21)Nc1cccc(Cl)c1. The maximum absolute atomic E-state index is 12.6. The summed E-state index contributed by atoms with van der Waals surface area (Å²) in [5, 5.41) is 12.6. The topological polar surface area (TPSA) is 93.3 Å². The quantitative estimate of drug-likeness (QED) is 0.707. The number of carbonyl (C=O) groups is 1. The van der Waals surface area contributed by atoms with Gasteiger partial charge in [-0.2, -0.15) is 0 Å². The van der Waals surface area contributed by atoms with Gasteiger partial charge in [-0.05, 0) is 30.3 Å². The molecule has 0 spiro atoms. The first-order chi connectivity index (χ1) is 12.5. The van der Waals surface area contributed by atoms with Crippen molar-refractivity contribution in [3.05, 3.63) is 74.4 Å². The summed E-state index contributed by atoms with van der Waals surface area (Å²) in [6.07, 6.45) is 0. The van der Waals surface area contributed by atoms with Gasteiger partial charge >= 0.3 is 5.69 Å². The number of benzene rings is 2. The Morgan fingerprint density at radius 2 is 1.85 bits per heavy atom. The van der Waals surface area contributed by atoms with Gasteiger partial charge in [-0.3, -0.25) is 18.7 Å². The molecule has 134 valence electrons. The molecule has 1 amide bonds. The fourth-order valence-corrected chi connectivity index (χ4v) is 2.92. The molecule has 0 aliphatic carbocycles. The molecule has 0 saturated carbocycles. The number of para-hydroxylation sites is 1. The lowest BCUT2D eigenvalue weighted by Crippen LogP contribution is -2.42. The molecule has 1 aromatic heterocycles. The van der Waals surface area contributed by atoms with Crippen LogP contribution in [0.3, 0.4) is 0 Å². The molecule has 0 radical (unpaired) electrons. The average Bonchev–Trinajstić information content (AvgIpc) is 2.62. The molecule has 0 aliphatic rings. The molecule has 2 aromatic carbocycles. The van der Waals surface area contributed by atoms with Crippen molar-refractivity contribution >= 4 is 34.1 Å². The molecule has 7 nitrogen and oxygen atoms in total. The van der Waals surface area contributed by atoms with Crippen LogP contribution in [-0.2, 0) is 17.9 Å². The molecule has 0 atom stereocenters. The molecule has 0 aliphatic heterocycles. The highest BCUT2D eigenvalue weighted by atomic mass is 35.5. The van der Waals surface area contributed by atoms with Gasteiger partial charge in [0, 0.05) is 10.7 Å². The summed E-state index contributed by atoms with van der Waals surface area (Å²) >= 11 is 5.90. The smallest absolute Gasteiger partial charge is 0.332 e. The van der Waals surface area contributed by atoms with Crippen LogP contribution in [-0.4, -0.2) is 26.8 Å². The molecule has 26 heavy (non-hydrogen) atoms. The van der Waals surface area contributed by atoms with E-state index in [0.717, 1.165) is 4.57 Å².